The lowest BCUT2D eigenvalue weighted by atomic mass is 9.85. The van der Waals surface area contributed by atoms with Crippen molar-refractivity contribution in [3.63, 3.8) is 0 Å². The molecule has 158 valence electrons. The van der Waals surface area contributed by atoms with Crippen molar-refractivity contribution in [2.24, 2.45) is 10.3 Å². The molecule has 1 fully saturated rings. The van der Waals surface area contributed by atoms with Crippen LogP contribution in [0.5, 0.6) is 0 Å². The lowest BCUT2D eigenvalue weighted by molar-refractivity contribution is -0.0899. The summed E-state index contributed by atoms with van der Waals surface area (Å²) in [5, 5.41) is 0. The number of halogens is 3. The summed E-state index contributed by atoms with van der Waals surface area (Å²) < 4.78 is 61.0. The number of rotatable bonds is 5. The summed E-state index contributed by atoms with van der Waals surface area (Å²) in [6.07, 6.45) is 0.659. The third-order valence-corrected chi connectivity index (χ3v) is 6.75. The maximum atomic E-state index is 15.2. The first-order valence-corrected chi connectivity index (χ1v) is 10.8. The minimum atomic E-state index is -3.26. The van der Waals surface area contributed by atoms with E-state index in [1.54, 1.807) is 20.8 Å². The lowest BCUT2D eigenvalue weighted by Gasteiger charge is -2.38. The highest BCUT2D eigenvalue weighted by Gasteiger charge is 2.45. The van der Waals surface area contributed by atoms with E-state index in [4.69, 9.17) is 0 Å². The molecule has 1 aliphatic rings. The molecule has 0 N–H and O–H groups in total. The van der Waals surface area contributed by atoms with Gasteiger partial charge in [-0.15, -0.1) is 0 Å². The fourth-order valence-corrected chi connectivity index (χ4v) is 4.00. The number of piperidine rings is 1. The van der Waals surface area contributed by atoms with E-state index in [-0.39, 0.29) is 11.3 Å². The van der Waals surface area contributed by atoms with Crippen molar-refractivity contribution in [2.45, 2.75) is 71.1 Å². The molecule has 1 saturated heterocycles. The minimum Gasteiger partial charge on any atom is -0.301 e. The molecule has 1 aliphatic heterocycles. The van der Waals surface area contributed by atoms with Crippen LogP contribution in [0, 0.1) is 11.7 Å². The largest absolute Gasteiger partial charge is 0.301 e. The van der Waals surface area contributed by atoms with E-state index < -0.39 is 39.0 Å². The molecule has 7 heteroatoms. The molecule has 1 unspecified atom stereocenters. The highest BCUT2D eigenvalue weighted by molar-refractivity contribution is 7.85. The van der Waals surface area contributed by atoms with Gasteiger partial charge in [0.05, 0.1) is 16.0 Å². The number of likely N-dealkylation sites (tertiary alicyclic amines) is 1. The average molecular weight is 417 g/mol. The van der Waals surface area contributed by atoms with E-state index >= 15 is 13.2 Å². The summed E-state index contributed by atoms with van der Waals surface area (Å²) in [5.74, 6) is -5.12. The van der Waals surface area contributed by atoms with Crippen molar-refractivity contribution in [3.05, 3.63) is 35.1 Å². The molecule has 0 amide bonds. The van der Waals surface area contributed by atoms with Crippen molar-refractivity contribution in [2.75, 3.05) is 13.1 Å². The predicted octanol–water partition coefficient (Wildman–Crippen LogP) is 5.31. The van der Waals surface area contributed by atoms with Crippen LogP contribution in [-0.4, -0.2) is 38.7 Å². The van der Waals surface area contributed by atoms with Gasteiger partial charge < -0.3 is 4.90 Å². The zero-order valence-electron chi connectivity index (χ0n) is 17.6. The molecule has 0 radical (unpaired) electrons. The van der Waals surface area contributed by atoms with Gasteiger partial charge in [-0.05, 0) is 67.5 Å². The molecular weight excluding hydrogens is 385 g/mol. The molecular formula is C21H31F3N2OS. The van der Waals surface area contributed by atoms with E-state index in [0.717, 1.165) is 6.07 Å². The normalized spacial score (nSPS) is 19.3. The zero-order valence-corrected chi connectivity index (χ0v) is 18.4. The fraction of sp³-hybridized carbons (Fsp3) is 0.667. The Morgan fingerprint density at radius 3 is 2.29 bits per heavy atom. The van der Waals surface area contributed by atoms with Gasteiger partial charge in [0.1, 0.15) is 16.8 Å². The summed E-state index contributed by atoms with van der Waals surface area (Å²) in [6.45, 7) is 12.0. The summed E-state index contributed by atoms with van der Waals surface area (Å²) in [7, 11) is -1.59. The van der Waals surface area contributed by atoms with Gasteiger partial charge in [0.15, 0.2) is 0 Å². The zero-order chi connectivity index (χ0) is 21.3. The van der Waals surface area contributed by atoms with E-state index in [9.17, 15) is 4.21 Å². The summed E-state index contributed by atoms with van der Waals surface area (Å²) in [4.78, 5) is 2.16. The van der Waals surface area contributed by atoms with E-state index in [1.807, 2.05) is 13.8 Å². The smallest absolute Gasteiger partial charge is 0.278 e. The van der Waals surface area contributed by atoms with Gasteiger partial charge >= 0.3 is 0 Å². The van der Waals surface area contributed by atoms with Crippen molar-refractivity contribution in [3.8, 4) is 0 Å². The second-order valence-corrected chi connectivity index (χ2v) is 10.6. The van der Waals surface area contributed by atoms with Crippen LogP contribution in [0.2, 0.25) is 0 Å². The topological polar surface area (TPSA) is 32.7 Å². The first kappa shape index (κ1) is 23.1. The highest BCUT2D eigenvalue weighted by Crippen LogP contribution is 2.43. The molecule has 0 aromatic heterocycles. The third-order valence-electron chi connectivity index (χ3n) is 5.26. The van der Waals surface area contributed by atoms with Crippen LogP contribution in [0.3, 0.4) is 0 Å². The first-order valence-electron chi connectivity index (χ1n) is 9.74. The van der Waals surface area contributed by atoms with Gasteiger partial charge in [0.25, 0.3) is 5.92 Å². The van der Waals surface area contributed by atoms with Gasteiger partial charge in [-0.1, -0.05) is 18.2 Å². The van der Waals surface area contributed by atoms with E-state index in [2.05, 4.69) is 9.30 Å². The molecule has 2 rings (SSSR count). The summed E-state index contributed by atoms with van der Waals surface area (Å²) in [5.41, 5.74) is -0.448. The van der Waals surface area contributed by atoms with Crippen LogP contribution < -0.4 is 0 Å². The number of alkyl halides is 2. The van der Waals surface area contributed by atoms with Gasteiger partial charge in [0.2, 0.25) is 0 Å². The van der Waals surface area contributed by atoms with Crippen LogP contribution in [0.4, 0.5) is 13.2 Å². The van der Waals surface area contributed by atoms with Crippen molar-refractivity contribution in [1.82, 2.24) is 4.90 Å². The van der Waals surface area contributed by atoms with Crippen LogP contribution in [0.15, 0.2) is 22.6 Å². The van der Waals surface area contributed by atoms with Crippen LogP contribution in [-0.2, 0) is 16.9 Å². The minimum absolute atomic E-state index is 0.0191. The van der Waals surface area contributed by atoms with Crippen molar-refractivity contribution >= 4 is 16.7 Å². The van der Waals surface area contributed by atoms with Gasteiger partial charge in [0, 0.05) is 17.5 Å². The third kappa shape index (κ3) is 5.03. The Morgan fingerprint density at radius 1 is 1.21 bits per heavy atom. The average Bonchev–Trinajstić information content (AvgIpc) is 2.60. The van der Waals surface area contributed by atoms with Gasteiger partial charge in [-0.3, -0.25) is 0 Å². The number of benzene rings is 1. The molecule has 1 atom stereocenters. The second-order valence-electron chi connectivity index (χ2n) is 8.73. The van der Waals surface area contributed by atoms with E-state index in [1.165, 1.54) is 19.1 Å². The number of nitrogens with zero attached hydrogens (tertiary/aromatic N) is 2. The Labute approximate surface area is 169 Å². The lowest BCUT2D eigenvalue weighted by Crippen LogP contribution is -2.42. The molecule has 0 spiro atoms. The standard InChI is InChI=1S/C21H31F3N2OS/c1-14(2)26-12-10-16(11-13-26)21(23,24)18-9-7-8-17(19(18)22)15(3)25-28(27)20(4,5)6/h7-9,14,16H,10-13H2,1-6H3. The summed E-state index contributed by atoms with van der Waals surface area (Å²) >= 11 is 0. The van der Waals surface area contributed by atoms with Crippen LogP contribution in [0.25, 0.3) is 0 Å². The molecule has 1 heterocycles. The van der Waals surface area contributed by atoms with Gasteiger partial charge in [-0.2, -0.15) is 4.40 Å². The summed E-state index contributed by atoms with van der Waals surface area (Å²) in [6, 6.07) is 4.30. The Morgan fingerprint density at radius 2 is 1.79 bits per heavy atom. The fourth-order valence-electron chi connectivity index (χ4n) is 3.38. The Kier molecular flexibility index (Phi) is 7.13. The van der Waals surface area contributed by atoms with Crippen molar-refractivity contribution < 1.29 is 17.4 Å². The highest BCUT2D eigenvalue weighted by atomic mass is 32.2. The SMILES string of the molecule is CC(=NS(=O)C(C)(C)C)c1cccc(C(F)(F)C2CCN(C(C)C)CC2)c1F. The second kappa shape index (κ2) is 8.66. The molecule has 3 nitrogen and oxygen atoms in total. The number of hydrogen-bond acceptors (Lipinski definition) is 2. The Bertz CT molecular complexity index is 749. The molecule has 0 saturated carbocycles. The molecule has 28 heavy (non-hydrogen) atoms. The maximum absolute atomic E-state index is 15.2. The van der Waals surface area contributed by atoms with Crippen molar-refractivity contribution in [1.29, 1.82) is 0 Å². The number of hydrogen-bond donors (Lipinski definition) is 0. The van der Waals surface area contributed by atoms with Crippen LogP contribution >= 0.6 is 0 Å². The van der Waals surface area contributed by atoms with Crippen LogP contribution in [0.1, 0.15) is 65.5 Å². The first-order chi connectivity index (χ1) is 12.9. The monoisotopic (exact) mass is 416 g/mol. The maximum Gasteiger partial charge on any atom is 0.278 e. The Hall–Kier alpha value is -1.21. The predicted molar refractivity (Wildman–Crippen MR) is 110 cm³/mol. The molecule has 0 aliphatic carbocycles. The molecule has 0 bridgehead atoms. The molecule has 1 aromatic carbocycles. The van der Waals surface area contributed by atoms with E-state index in [0.29, 0.717) is 32.0 Å². The quantitative estimate of drug-likeness (QED) is 0.610. The Balaban J connectivity index is 2.31. The van der Waals surface area contributed by atoms with Gasteiger partial charge in [-0.25, -0.2) is 17.4 Å². The molecule has 1 aromatic rings.